The number of nitrogens with zero attached hydrogens (tertiary/aromatic N) is 2. The van der Waals surface area contributed by atoms with Gasteiger partial charge in [0, 0.05) is 18.8 Å². The molecule has 21 heavy (non-hydrogen) atoms. The van der Waals surface area contributed by atoms with Crippen molar-refractivity contribution in [1.82, 2.24) is 4.98 Å². The second kappa shape index (κ2) is 6.53. The maximum absolute atomic E-state index is 11.1. The van der Waals surface area contributed by atoms with Gasteiger partial charge in [0.05, 0.1) is 11.6 Å². The van der Waals surface area contributed by atoms with E-state index in [9.17, 15) is 4.79 Å². The van der Waals surface area contributed by atoms with Crippen LogP contribution in [0.25, 0.3) is 0 Å². The van der Waals surface area contributed by atoms with E-state index in [0.717, 1.165) is 11.3 Å². The van der Waals surface area contributed by atoms with Gasteiger partial charge in [-0.15, -0.1) is 0 Å². The standard InChI is InChI=1S/C16H16N4O/c1-11(19-16-7-6-13(9-17)10-18-16)14-4-3-5-15(8-14)20-12(2)21/h3-8,10-11H,1-2H3,(H,18,19)(H,20,21). The summed E-state index contributed by atoms with van der Waals surface area (Å²) in [6.07, 6.45) is 1.53. The van der Waals surface area contributed by atoms with Crippen molar-refractivity contribution in [3.63, 3.8) is 0 Å². The van der Waals surface area contributed by atoms with Gasteiger partial charge in [-0.3, -0.25) is 4.79 Å². The zero-order valence-corrected chi connectivity index (χ0v) is 11.9. The van der Waals surface area contributed by atoms with Gasteiger partial charge in [0.25, 0.3) is 0 Å². The predicted molar refractivity (Wildman–Crippen MR) is 81.7 cm³/mol. The number of anilines is 2. The van der Waals surface area contributed by atoms with Crippen molar-refractivity contribution in [3.8, 4) is 6.07 Å². The number of benzene rings is 1. The monoisotopic (exact) mass is 280 g/mol. The third kappa shape index (κ3) is 4.05. The first-order valence-electron chi connectivity index (χ1n) is 6.58. The van der Waals surface area contributed by atoms with E-state index in [1.165, 1.54) is 13.1 Å². The van der Waals surface area contributed by atoms with Crippen molar-refractivity contribution in [3.05, 3.63) is 53.7 Å². The number of carbonyl (C=O) groups is 1. The molecule has 0 saturated heterocycles. The molecule has 0 aliphatic carbocycles. The van der Waals surface area contributed by atoms with E-state index < -0.39 is 0 Å². The van der Waals surface area contributed by atoms with E-state index >= 15 is 0 Å². The lowest BCUT2D eigenvalue weighted by Gasteiger charge is -2.16. The number of aromatic nitrogens is 1. The molecule has 1 heterocycles. The number of carbonyl (C=O) groups excluding carboxylic acids is 1. The number of nitrogens with one attached hydrogen (secondary N) is 2. The molecule has 106 valence electrons. The lowest BCUT2D eigenvalue weighted by molar-refractivity contribution is -0.114. The van der Waals surface area contributed by atoms with Crippen molar-refractivity contribution in [1.29, 1.82) is 5.26 Å². The van der Waals surface area contributed by atoms with Gasteiger partial charge >= 0.3 is 0 Å². The summed E-state index contributed by atoms with van der Waals surface area (Å²) in [5.41, 5.74) is 2.33. The Labute approximate surface area is 123 Å². The van der Waals surface area contributed by atoms with Gasteiger partial charge in [-0.1, -0.05) is 12.1 Å². The number of hydrogen-bond donors (Lipinski definition) is 2. The zero-order valence-electron chi connectivity index (χ0n) is 11.9. The van der Waals surface area contributed by atoms with Crippen molar-refractivity contribution >= 4 is 17.4 Å². The van der Waals surface area contributed by atoms with Crippen LogP contribution in [0.4, 0.5) is 11.5 Å². The molecular formula is C16H16N4O. The van der Waals surface area contributed by atoms with Gasteiger partial charge in [0.15, 0.2) is 0 Å². The van der Waals surface area contributed by atoms with Crippen LogP contribution in [0.15, 0.2) is 42.6 Å². The first-order valence-corrected chi connectivity index (χ1v) is 6.58. The Hall–Kier alpha value is -2.87. The Morgan fingerprint density at radius 2 is 2.14 bits per heavy atom. The highest BCUT2D eigenvalue weighted by Gasteiger charge is 2.07. The number of hydrogen-bond acceptors (Lipinski definition) is 4. The largest absolute Gasteiger partial charge is 0.364 e. The first kappa shape index (κ1) is 14.5. The minimum absolute atomic E-state index is 0.0270. The summed E-state index contributed by atoms with van der Waals surface area (Å²) in [6.45, 7) is 3.49. The van der Waals surface area contributed by atoms with Crippen LogP contribution in [-0.4, -0.2) is 10.9 Å². The summed E-state index contributed by atoms with van der Waals surface area (Å²) in [5, 5.41) is 14.8. The molecule has 2 rings (SSSR count). The normalized spacial score (nSPS) is 11.3. The van der Waals surface area contributed by atoms with Crippen LogP contribution >= 0.6 is 0 Å². The number of nitriles is 1. The summed E-state index contributed by atoms with van der Waals surface area (Å²) in [6, 6.07) is 13.2. The Kier molecular flexibility index (Phi) is 4.52. The smallest absolute Gasteiger partial charge is 0.221 e. The fourth-order valence-corrected chi connectivity index (χ4v) is 1.94. The second-order valence-electron chi connectivity index (χ2n) is 4.72. The van der Waals surface area contributed by atoms with Crippen LogP contribution in [0, 0.1) is 11.3 Å². The highest BCUT2D eigenvalue weighted by atomic mass is 16.1. The predicted octanol–water partition coefficient (Wildman–Crippen LogP) is 3.08. The van der Waals surface area contributed by atoms with E-state index in [1.807, 2.05) is 37.3 Å². The molecular weight excluding hydrogens is 264 g/mol. The maximum Gasteiger partial charge on any atom is 0.221 e. The van der Waals surface area contributed by atoms with Crippen LogP contribution in [-0.2, 0) is 4.79 Å². The lowest BCUT2D eigenvalue weighted by atomic mass is 10.1. The number of rotatable bonds is 4. The average Bonchev–Trinajstić information content (AvgIpc) is 2.47. The molecule has 1 aromatic carbocycles. The minimum Gasteiger partial charge on any atom is -0.364 e. The lowest BCUT2D eigenvalue weighted by Crippen LogP contribution is -2.10. The summed E-state index contributed by atoms with van der Waals surface area (Å²) < 4.78 is 0. The van der Waals surface area contributed by atoms with Crippen LogP contribution in [0.1, 0.15) is 31.0 Å². The van der Waals surface area contributed by atoms with E-state index in [4.69, 9.17) is 5.26 Å². The second-order valence-corrected chi connectivity index (χ2v) is 4.72. The third-order valence-corrected chi connectivity index (χ3v) is 2.96. The molecule has 1 unspecified atom stereocenters. The Bertz CT molecular complexity index is 673. The summed E-state index contributed by atoms with van der Waals surface area (Å²) >= 11 is 0. The van der Waals surface area contributed by atoms with Crippen molar-refractivity contribution in [2.45, 2.75) is 19.9 Å². The van der Waals surface area contributed by atoms with Gasteiger partial charge in [-0.25, -0.2) is 4.98 Å². The van der Waals surface area contributed by atoms with Crippen LogP contribution in [0.2, 0.25) is 0 Å². The van der Waals surface area contributed by atoms with E-state index in [0.29, 0.717) is 11.4 Å². The molecule has 2 N–H and O–H groups in total. The molecule has 0 fully saturated rings. The molecule has 0 spiro atoms. The van der Waals surface area contributed by atoms with Crippen LogP contribution < -0.4 is 10.6 Å². The topological polar surface area (TPSA) is 77.8 Å². The molecule has 0 aliphatic heterocycles. The van der Waals surface area contributed by atoms with Gasteiger partial charge in [-0.05, 0) is 36.8 Å². The Balaban J connectivity index is 2.10. The molecule has 0 radical (unpaired) electrons. The molecule has 1 amide bonds. The average molecular weight is 280 g/mol. The third-order valence-electron chi connectivity index (χ3n) is 2.96. The molecule has 5 nitrogen and oxygen atoms in total. The fourth-order valence-electron chi connectivity index (χ4n) is 1.94. The molecule has 1 aromatic heterocycles. The van der Waals surface area contributed by atoms with Crippen LogP contribution in [0.3, 0.4) is 0 Å². The van der Waals surface area contributed by atoms with Crippen molar-refractivity contribution in [2.75, 3.05) is 10.6 Å². The zero-order chi connectivity index (χ0) is 15.2. The summed E-state index contributed by atoms with van der Waals surface area (Å²) in [7, 11) is 0. The molecule has 0 saturated carbocycles. The SMILES string of the molecule is CC(=O)Nc1cccc(C(C)Nc2ccc(C#N)cn2)c1. The summed E-state index contributed by atoms with van der Waals surface area (Å²) in [5.74, 6) is 0.605. The van der Waals surface area contributed by atoms with E-state index in [2.05, 4.69) is 15.6 Å². The molecule has 1 atom stereocenters. The van der Waals surface area contributed by atoms with Gasteiger partial charge < -0.3 is 10.6 Å². The summed E-state index contributed by atoms with van der Waals surface area (Å²) in [4.78, 5) is 15.3. The highest BCUT2D eigenvalue weighted by Crippen LogP contribution is 2.21. The molecule has 0 bridgehead atoms. The Morgan fingerprint density at radius 1 is 1.33 bits per heavy atom. The van der Waals surface area contributed by atoms with E-state index in [1.54, 1.807) is 12.1 Å². The van der Waals surface area contributed by atoms with E-state index in [-0.39, 0.29) is 11.9 Å². The van der Waals surface area contributed by atoms with Gasteiger partial charge in [-0.2, -0.15) is 5.26 Å². The Morgan fingerprint density at radius 3 is 2.76 bits per heavy atom. The van der Waals surface area contributed by atoms with Crippen LogP contribution in [0.5, 0.6) is 0 Å². The quantitative estimate of drug-likeness (QED) is 0.902. The van der Waals surface area contributed by atoms with Gasteiger partial charge in [0.1, 0.15) is 11.9 Å². The fraction of sp³-hybridized carbons (Fsp3) is 0.188. The van der Waals surface area contributed by atoms with Crippen molar-refractivity contribution in [2.24, 2.45) is 0 Å². The first-order chi connectivity index (χ1) is 10.1. The van der Waals surface area contributed by atoms with Crippen molar-refractivity contribution < 1.29 is 4.79 Å². The minimum atomic E-state index is -0.0958. The maximum atomic E-state index is 11.1. The highest BCUT2D eigenvalue weighted by molar-refractivity contribution is 5.88. The number of pyridine rings is 1. The number of amides is 1. The molecule has 0 aliphatic rings. The molecule has 5 heteroatoms. The molecule has 2 aromatic rings. The van der Waals surface area contributed by atoms with Gasteiger partial charge in [0.2, 0.25) is 5.91 Å².